The number of carbonyl (C=O) groups excluding carboxylic acids is 1. The molecule has 2 aromatic heterocycles. The Morgan fingerprint density at radius 3 is 2.78 bits per heavy atom. The quantitative estimate of drug-likeness (QED) is 0.589. The van der Waals surface area contributed by atoms with E-state index in [9.17, 15) is 9.90 Å². The molecule has 0 aliphatic rings. The number of rotatable bonds is 6. The molecular formula is C17H18BrN5O3S. The van der Waals surface area contributed by atoms with Gasteiger partial charge in [-0.25, -0.2) is 0 Å². The van der Waals surface area contributed by atoms with Crippen molar-refractivity contribution >= 4 is 50.9 Å². The van der Waals surface area contributed by atoms with E-state index in [1.54, 1.807) is 50.5 Å². The van der Waals surface area contributed by atoms with Crippen molar-refractivity contribution in [1.82, 2.24) is 13.6 Å². The van der Waals surface area contributed by atoms with E-state index < -0.39 is 0 Å². The molecule has 1 aromatic carbocycles. The number of aromatic nitrogens is 2. The number of nitrogens with one attached hydrogen (secondary N) is 1. The van der Waals surface area contributed by atoms with Gasteiger partial charge in [0.25, 0.3) is 5.91 Å². The standard InChI is InChI=1S/C17H18BrN5O3S/c1-22(2)17(25)12-5-4-6-13(14(12)24)23(3)16-15(20-27-21-16)19-8-11-7-10(18)9-26-11/h4-7,9,24H,8H2,1-3H3,(H,19,20). The lowest BCUT2D eigenvalue weighted by atomic mass is 10.1. The molecule has 0 unspecified atom stereocenters. The molecule has 3 aromatic rings. The summed E-state index contributed by atoms with van der Waals surface area (Å²) in [5.41, 5.74) is 0.682. The van der Waals surface area contributed by atoms with Gasteiger partial charge in [0.05, 0.1) is 34.0 Å². The van der Waals surface area contributed by atoms with Crippen molar-refractivity contribution in [3.05, 3.63) is 46.3 Å². The highest BCUT2D eigenvalue weighted by atomic mass is 79.9. The maximum atomic E-state index is 12.2. The molecule has 0 radical (unpaired) electrons. The highest BCUT2D eigenvalue weighted by Gasteiger charge is 2.21. The highest BCUT2D eigenvalue weighted by molar-refractivity contribution is 9.10. The van der Waals surface area contributed by atoms with Gasteiger partial charge in [-0.15, -0.1) is 0 Å². The van der Waals surface area contributed by atoms with Crippen LogP contribution in [-0.2, 0) is 6.54 Å². The second-order valence-corrected chi connectivity index (χ2v) is 7.40. The molecule has 27 heavy (non-hydrogen) atoms. The molecule has 0 bridgehead atoms. The normalized spacial score (nSPS) is 10.7. The van der Waals surface area contributed by atoms with Gasteiger partial charge in [-0.3, -0.25) is 4.79 Å². The molecule has 0 aliphatic carbocycles. The number of benzene rings is 1. The fourth-order valence-electron chi connectivity index (χ4n) is 2.46. The summed E-state index contributed by atoms with van der Waals surface area (Å²) < 4.78 is 14.8. The van der Waals surface area contributed by atoms with Gasteiger partial charge in [0, 0.05) is 21.1 Å². The number of hydrogen-bond acceptors (Lipinski definition) is 8. The number of furan rings is 1. The van der Waals surface area contributed by atoms with Crippen LogP contribution in [-0.4, -0.2) is 45.8 Å². The SMILES string of the molecule is CN(C)C(=O)c1cccc(N(C)c2nsnc2NCc2cc(Br)co2)c1O. The Labute approximate surface area is 168 Å². The number of nitrogens with zero attached hydrogens (tertiary/aromatic N) is 4. The largest absolute Gasteiger partial charge is 0.505 e. The Kier molecular flexibility index (Phi) is 5.66. The number of halogens is 1. The average molecular weight is 452 g/mol. The molecule has 0 atom stereocenters. The molecule has 0 fully saturated rings. The molecular weight excluding hydrogens is 434 g/mol. The van der Waals surface area contributed by atoms with E-state index in [4.69, 9.17) is 4.42 Å². The molecule has 0 saturated carbocycles. The first-order valence-corrected chi connectivity index (χ1v) is 9.47. The lowest BCUT2D eigenvalue weighted by Gasteiger charge is -2.21. The minimum Gasteiger partial charge on any atom is -0.505 e. The fourth-order valence-corrected chi connectivity index (χ4v) is 3.37. The van der Waals surface area contributed by atoms with Crippen LogP contribution in [0.4, 0.5) is 17.3 Å². The molecule has 8 nitrogen and oxygen atoms in total. The number of amides is 1. The van der Waals surface area contributed by atoms with E-state index in [1.165, 1.54) is 4.90 Å². The zero-order valence-corrected chi connectivity index (χ0v) is 17.3. The van der Waals surface area contributed by atoms with Gasteiger partial charge < -0.3 is 24.6 Å². The van der Waals surface area contributed by atoms with Gasteiger partial charge in [-0.05, 0) is 34.1 Å². The average Bonchev–Trinajstić information content (AvgIpc) is 3.27. The summed E-state index contributed by atoms with van der Waals surface area (Å²) >= 11 is 4.39. The third-order valence-corrected chi connectivity index (χ3v) is 4.79. The van der Waals surface area contributed by atoms with Crippen LogP contribution in [0, 0.1) is 0 Å². The Balaban J connectivity index is 1.85. The van der Waals surface area contributed by atoms with Crippen molar-refractivity contribution in [1.29, 1.82) is 0 Å². The number of aromatic hydroxyl groups is 1. The number of carbonyl (C=O) groups is 1. The summed E-state index contributed by atoms with van der Waals surface area (Å²) in [5, 5.41) is 13.8. The summed E-state index contributed by atoms with van der Waals surface area (Å²) in [7, 11) is 5.03. The number of hydrogen-bond donors (Lipinski definition) is 2. The summed E-state index contributed by atoms with van der Waals surface area (Å²) in [4.78, 5) is 15.4. The molecule has 2 heterocycles. The third kappa shape index (κ3) is 4.06. The first kappa shape index (κ1) is 19.2. The first-order valence-electron chi connectivity index (χ1n) is 7.95. The van der Waals surface area contributed by atoms with Crippen LogP contribution in [0.2, 0.25) is 0 Å². The van der Waals surface area contributed by atoms with Crippen molar-refractivity contribution in [2.45, 2.75) is 6.54 Å². The smallest absolute Gasteiger partial charge is 0.257 e. The lowest BCUT2D eigenvalue weighted by Crippen LogP contribution is -2.22. The molecule has 0 aliphatic heterocycles. The molecule has 1 amide bonds. The predicted octanol–water partition coefficient (Wildman–Crippen LogP) is 3.68. The second kappa shape index (κ2) is 7.97. The number of anilines is 3. The van der Waals surface area contributed by atoms with E-state index in [2.05, 4.69) is 30.0 Å². The van der Waals surface area contributed by atoms with Crippen molar-refractivity contribution in [2.75, 3.05) is 31.4 Å². The van der Waals surface area contributed by atoms with Crippen molar-refractivity contribution in [3.63, 3.8) is 0 Å². The third-order valence-electron chi connectivity index (χ3n) is 3.85. The fraction of sp³-hybridized carbons (Fsp3) is 0.235. The van der Waals surface area contributed by atoms with Gasteiger partial charge in [0.15, 0.2) is 17.4 Å². The molecule has 3 rings (SSSR count). The van der Waals surface area contributed by atoms with E-state index in [1.807, 2.05) is 6.07 Å². The van der Waals surface area contributed by atoms with Gasteiger partial charge in [0.2, 0.25) is 0 Å². The lowest BCUT2D eigenvalue weighted by molar-refractivity contribution is 0.0824. The Hall–Kier alpha value is -2.59. The van der Waals surface area contributed by atoms with E-state index in [-0.39, 0.29) is 17.2 Å². The van der Waals surface area contributed by atoms with Crippen LogP contribution in [0.1, 0.15) is 16.1 Å². The summed E-state index contributed by atoms with van der Waals surface area (Å²) in [6, 6.07) is 6.88. The Morgan fingerprint density at radius 1 is 1.33 bits per heavy atom. The van der Waals surface area contributed by atoms with Crippen LogP contribution >= 0.6 is 27.7 Å². The highest BCUT2D eigenvalue weighted by Crippen LogP contribution is 2.37. The monoisotopic (exact) mass is 451 g/mol. The van der Waals surface area contributed by atoms with Crippen LogP contribution < -0.4 is 10.2 Å². The summed E-state index contributed by atoms with van der Waals surface area (Å²) in [6.07, 6.45) is 1.61. The van der Waals surface area contributed by atoms with Gasteiger partial charge in [-0.2, -0.15) is 8.75 Å². The van der Waals surface area contributed by atoms with Crippen LogP contribution in [0.25, 0.3) is 0 Å². The first-order chi connectivity index (χ1) is 12.9. The Morgan fingerprint density at radius 2 is 2.11 bits per heavy atom. The Bertz CT molecular complexity index is 956. The number of phenolic OH excluding ortho intramolecular Hbond substituents is 1. The van der Waals surface area contributed by atoms with E-state index in [0.29, 0.717) is 23.9 Å². The van der Waals surface area contributed by atoms with Crippen molar-refractivity contribution in [2.24, 2.45) is 0 Å². The molecule has 2 N–H and O–H groups in total. The maximum Gasteiger partial charge on any atom is 0.257 e. The van der Waals surface area contributed by atoms with Crippen LogP contribution in [0.15, 0.2) is 39.4 Å². The minimum atomic E-state index is -0.277. The predicted molar refractivity (Wildman–Crippen MR) is 108 cm³/mol. The van der Waals surface area contributed by atoms with Gasteiger partial charge in [-0.1, -0.05) is 6.07 Å². The summed E-state index contributed by atoms with van der Waals surface area (Å²) in [6.45, 7) is 0.434. The molecule has 10 heteroatoms. The van der Waals surface area contributed by atoms with Crippen LogP contribution in [0.5, 0.6) is 5.75 Å². The van der Waals surface area contributed by atoms with E-state index in [0.717, 1.165) is 22.0 Å². The molecule has 142 valence electrons. The zero-order valence-electron chi connectivity index (χ0n) is 14.9. The van der Waals surface area contributed by atoms with Gasteiger partial charge >= 0.3 is 0 Å². The zero-order chi connectivity index (χ0) is 19.6. The van der Waals surface area contributed by atoms with Gasteiger partial charge in [0.1, 0.15) is 12.0 Å². The summed E-state index contributed by atoms with van der Waals surface area (Å²) in [5.74, 6) is 1.45. The molecule has 0 spiro atoms. The van der Waals surface area contributed by atoms with E-state index >= 15 is 0 Å². The van der Waals surface area contributed by atoms with Crippen molar-refractivity contribution in [3.8, 4) is 5.75 Å². The number of para-hydroxylation sites is 1. The maximum absolute atomic E-state index is 12.2. The second-order valence-electron chi connectivity index (χ2n) is 5.95. The minimum absolute atomic E-state index is 0.104. The number of phenols is 1. The van der Waals surface area contributed by atoms with Crippen molar-refractivity contribution < 1.29 is 14.3 Å². The molecule has 0 saturated heterocycles. The topological polar surface area (TPSA) is 94.7 Å². The van der Waals surface area contributed by atoms with Crippen LogP contribution in [0.3, 0.4) is 0 Å².